The van der Waals surface area contributed by atoms with Crippen molar-refractivity contribution in [2.75, 3.05) is 13.7 Å². The van der Waals surface area contributed by atoms with E-state index in [0.717, 1.165) is 37.0 Å². The fourth-order valence-corrected chi connectivity index (χ4v) is 4.75. The Bertz CT molecular complexity index is 585. The summed E-state index contributed by atoms with van der Waals surface area (Å²) in [5, 5.41) is 14.5. The molecule has 3 aliphatic rings. The van der Waals surface area contributed by atoms with Crippen molar-refractivity contribution in [2.24, 2.45) is 23.2 Å². The molecule has 0 aromatic heterocycles. The molecule has 3 saturated carbocycles. The third kappa shape index (κ3) is 3.20. The minimum Gasteiger partial charge on any atom is -0.385 e. The van der Waals surface area contributed by atoms with Gasteiger partial charge in [0.25, 0.3) is 5.69 Å². The van der Waals surface area contributed by atoms with Gasteiger partial charge in [-0.05, 0) is 48.0 Å². The summed E-state index contributed by atoms with van der Waals surface area (Å²) >= 11 is 0. The molecule has 0 spiro atoms. The summed E-state index contributed by atoms with van der Waals surface area (Å²) in [5.74, 6) is 2.23. The van der Waals surface area contributed by atoms with Gasteiger partial charge in [-0.15, -0.1) is 0 Å². The minimum absolute atomic E-state index is 0.150. The van der Waals surface area contributed by atoms with Gasteiger partial charge in [-0.25, -0.2) is 0 Å². The van der Waals surface area contributed by atoms with Gasteiger partial charge in [0.1, 0.15) is 0 Å². The first-order chi connectivity index (χ1) is 11.4. The Morgan fingerprint density at radius 2 is 2.00 bits per heavy atom. The predicted octanol–water partition coefficient (Wildman–Crippen LogP) is 3.77. The van der Waals surface area contributed by atoms with E-state index in [0.29, 0.717) is 17.4 Å². The molecule has 0 amide bonds. The van der Waals surface area contributed by atoms with E-state index in [4.69, 9.17) is 4.74 Å². The van der Waals surface area contributed by atoms with E-state index in [9.17, 15) is 10.1 Å². The highest BCUT2D eigenvalue weighted by Crippen LogP contribution is 2.61. The maximum absolute atomic E-state index is 10.8. The molecular formula is C19H28N2O3. The van der Waals surface area contributed by atoms with Crippen molar-refractivity contribution in [3.05, 3.63) is 39.9 Å². The van der Waals surface area contributed by atoms with Crippen molar-refractivity contribution in [3.8, 4) is 0 Å². The second kappa shape index (κ2) is 6.81. The number of hydrogen-bond donors (Lipinski definition) is 1. The minimum atomic E-state index is -0.351. The van der Waals surface area contributed by atoms with Gasteiger partial charge in [-0.2, -0.15) is 0 Å². The van der Waals surface area contributed by atoms with E-state index in [1.807, 2.05) is 12.1 Å². The molecule has 0 radical (unpaired) electrons. The molecule has 0 unspecified atom stereocenters. The Labute approximate surface area is 143 Å². The van der Waals surface area contributed by atoms with Crippen LogP contribution in [0.15, 0.2) is 24.3 Å². The van der Waals surface area contributed by atoms with E-state index in [2.05, 4.69) is 19.2 Å². The highest BCUT2D eigenvalue weighted by atomic mass is 16.6. The lowest BCUT2D eigenvalue weighted by molar-refractivity contribution is -0.384. The molecule has 24 heavy (non-hydrogen) atoms. The number of nitro benzene ring substituents is 1. The maximum Gasteiger partial charge on any atom is 0.269 e. The Hall–Kier alpha value is -1.46. The molecule has 4 rings (SSSR count). The summed E-state index contributed by atoms with van der Waals surface area (Å²) in [6.45, 7) is 6.39. The smallest absolute Gasteiger partial charge is 0.269 e. The third-order valence-electron chi connectivity index (χ3n) is 6.46. The molecule has 3 fully saturated rings. The zero-order chi connectivity index (χ0) is 17.3. The monoisotopic (exact) mass is 332 g/mol. The molecule has 1 N–H and O–H groups in total. The van der Waals surface area contributed by atoms with Crippen molar-refractivity contribution < 1.29 is 9.66 Å². The van der Waals surface area contributed by atoms with Gasteiger partial charge >= 0.3 is 0 Å². The number of methoxy groups -OCH3 is 1. The van der Waals surface area contributed by atoms with Crippen LogP contribution >= 0.6 is 0 Å². The molecule has 132 valence electrons. The highest BCUT2D eigenvalue weighted by Gasteiger charge is 2.57. The Kier molecular flexibility index (Phi) is 4.92. The van der Waals surface area contributed by atoms with Crippen LogP contribution in [0.5, 0.6) is 0 Å². The van der Waals surface area contributed by atoms with Crippen LogP contribution in [0.25, 0.3) is 0 Å². The molecular weight excluding hydrogens is 304 g/mol. The number of nitro groups is 1. The molecule has 1 aromatic rings. The van der Waals surface area contributed by atoms with Crippen molar-refractivity contribution in [3.63, 3.8) is 0 Å². The van der Waals surface area contributed by atoms with Crippen LogP contribution in [0.1, 0.15) is 38.7 Å². The normalized spacial score (nSPS) is 30.6. The third-order valence-corrected chi connectivity index (χ3v) is 6.46. The largest absolute Gasteiger partial charge is 0.385 e. The second-order valence-corrected chi connectivity index (χ2v) is 7.97. The van der Waals surface area contributed by atoms with Crippen LogP contribution in [-0.2, 0) is 11.3 Å². The number of nitrogens with one attached hydrogen (secondary N) is 1. The predicted molar refractivity (Wildman–Crippen MR) is 93.7 cm³/mol. The van der Waals surface area contributed by atoms with Crippen LogP contribution in [-0.4, -0.2) is 24.7 Å². The van der Waals surface area contributed by atoms with E-state index in [1.165, 1.54) is 12.8 Å². The first-order valence-electron chi connectivity index (χ1n) is 8.89. The molecule has 0 aliphatic heterocycles. The van der Waals surface area contributed by atoms with Gasteiger partial charge in [-0.1, -0.05) is 26.0 Å². The summed E-state index contributed by atoms with van der Waals surface area (Å²) in [4.78, 5) is 10.4. The van der Waals surface area contributed by atoms with Crippen LogP contribution in [0, 0.1) is 33.3 Å². The van der Waals surface area contributed by atoms with Crippen molar-refractivity contribution >= 4 is 5.69 Å². The van der Waals surface area contributed by atoms with Gasteiger partial charge in [0.05, 0.1) is 4.92 Å². The Balaban J connectivity index is 1.65. The molecule has 5 nitrogen and oxygen atoms in total. The van der Waals surface area contributed by atoms with Crippen LogP contribution < -0.4 is 5.32 Å². The fourth-order valence-electron chi connectivity index (χ4n) is 4.75. The van der Waals surface area contributed by atoms with Gasteiger partial charge in [0.15, 0.2) is 0 Å². The summed E-state index contributed by atoms with van der Waals surface area (Å²) in [5.41, 5.74) is 1.68. The van der Waals surface area contributed by atoms with Gasteiger partial charge in [0.2, 0.25) is 0 Å². The summed E-state index contributed by atoms with van der Waals surface area (Å²) < 4.78 is 5.30. The number of fused-ring (bicyclic) bond motifs is 2. The average molecular weight is 332 g/mol. The number of nitrogens with zero attached hydrogens (tertiary/aromatic N) is 1. The van der Waals surface area contributed by atoms with Crippen molar-refractivity contribution in [2.45, 2.75) is 45.7 Å². The van der Waals surface area contributed by atoms with Gasteiger partial charge in [-0.3, -0.25) is 10.1 Å². The van der Waals surface area contributed by atoms with E-state index in [-0.39, 0.29) is 10.6 Å². The fraction of sp³-hybridized carbons (Fsp3) is 0.684. The van der Waals surface area contributed by atoms with Crippen molar-refractivity contribution in [1.29, 1.82) is 0 Å². The zero-order valence-electron chi connectivity index (χ0n) is 14.8. The number of benzene rings is 1. The molecule has 5 heteroatoms. The summed E-state index contributed by atoms with van der Waals surface area (Å²) in [6.07, 6.45) is 3.72. The molecule has 4 atom stereocenters. The number of non-ortho nitro benzene ring substituents is 1. The lowest BCUT2D eigenvalue weighted by Gasteiger charge is -2.63. The Morgan fingerprint density at radius 1 is 1.29 bits per heavy atom. The van der Waals surface area contributed by atoms with Crippen molar-refractivity contribution in [1.82, 2.24) is 5.32 Å². The van der Waals surface area contributed by atoms with Crippen LogP contribution in [0.3, 0.4) is 0 Å². The number of ether oxygens (including phenoxy) is 1. The molecule has 1 aromatic carbocycles. The lowest BCUT2D eigenvalue weighted by atomic mass is 9.44. The molecule has 0 saturated heterocycles. The van der Waals surface area contributed by atoms with E-state index >= 15 is 0 Å². The number of rotatable bonds is 7. The first kappa shape index (κ1) is 17.4. The Morgan fingerprint density at radius 3 is 2.58 bits per heavy atom. The maximum atomic E-state index is 10.8. The van der Waals surface area contributed by atoms with Crippen LogP contribution in [0.4, 0.5) is 5.69 Å². The van der Waals surface area contributed by atoms with Gasteiger partial charge < -0.3 is 10.1 Å². The summed E-state index contributed by atoms with van der Waals surface area (Å²) in [7, 11) is 1.77. The molecule has 0 heterocycles. The van der Waals surface area contributed by atoms with E-state index in [1.54, 1.807) is 19.2 Å². The SMILES string of the molecule is COCC[C@H]1C[C@@H]2C[C@H]([C@@H]1NCc1ccc([N+](=O)[O-])cc1)C2(C)C. The topological polar surface area (TPSA) is 64.4 Å². The molecule has 2 bridgehead atoms. The second-order valence-electron chi connectivity index (χ2n) is 7.97. The quantitative estimate of drug-likeness (QED) is 0.610. The lowest BCUT2D eigenvalue weighted by Crippen LogP contribution is -2.62. The highest BCUT2D eigenvalue weighted by molar-refractivity contribution is 5.32. The zero-order valence-corrected chi connectivity index (χ0v) is 14.8. The first-order valence-corrected chi connectivity index (χ1v) is 8.89. The number of hydrogen-bond acceptors (Lipinski definition) is 4. The summed E-state index contributed by atoms with van der Waals surface area (Å²) in [6, 6.07) is 7.39. The van der Waals surface area contributed by atoms with E-state index < -0.39 is 0 Å². The molecule has 3 aliphatic carbocycles. The average Bonchev–Trinajstić information content (AvgIpc) is 2.58. The van der Waals surface area contributed by atoms with Crippen LogP contribution in [0.2, 0.25) is 0 Å². The van der Waals surface area contributed by atoms with Gasteiger partial charge in [0, 0.05) is 38.4 Å². The standard InChI is InChI=1S/C19H28N2O3/c1-19(2)15-10-14(8-9-24-3)18(17(19)11-15)20-12-13-4-6-16(7-5-13)21(22)23/h4-7,14-15,17-18,20H,8-12H2,1-3H3/t14-,15+,17+,18+/m0/s1.